The molecule has 0 atom stereocenters. The monoisotopic (exact) mass is 333 g/mol. The lowest BCUT2D eigenvalue weighted by Gasteiger charge is -2.31. The summed E-state index contributed by atoms with van der Waals surface area (Å²) in [5, 5.41) is 3.27. The number of aromatic nitrogens is 1. The summed E-state index contributed by atoms with van der Waals surface area (Å²) in [6.45, 7) is 4.60. The van der Waals surface area contributed by atoms with Gasteiger partial charge in [-0.2, -0.15) is 0 Å². The van der Waals surface area contributed by atoms with Crippen LogP contribution in [0.4, 0.5) is 0 Å². The molecular weight excluding hydrogens is 314 g/mol. The Labute approximate surface area is 124 Å². The van der Waals surface area contributed by atoms with Gasteiger partial charge in [-0.3, -0.25) is 9.88 Å². The van der Waals surface area contributed by atoms with Gasteiger partial charge in [-0.1, -0.05) is 0 Å². The lowest BCUT2D eigenvalue weighted by molar-refractivity contribution is 0.176. The van der Waals surface area contributed by atoms with E-state index in [-0.39, 0.29) is 12.4 Å². The van der Waals surface area contributed by atoms with Crippen molar-refractivity contribution in [1.82, 2.24) is 15.2 Å². The first-order chi connectivity index (χ1) is 8.28. The van der Waals surface area contributed by atoms with E-state index in [1.807, 2.05) is 19.4 Å². The van der Waals surface area contributed by atoms with E-state index in [4.69, 9.17) is 0 Å². The van der Waals surface area contributed by atoms with Crippen molar-refractivity contribution in [3.05, 3.63) is 28.5 Å². The van der Waals surface area contributed by atoms with Crippen molar-refractivity contribution < 1.29 is 0 Å². The standard InChI is InChI=1S/C13H20BrN3.ClH/c1-15-7-11-2-4-17(5-3-11)10-12-6-13(14)9-16-8-12;/h6,8-9,11,15H,2-5,7,10H2,1H3;1H. The Morgan fingerprint density at radius 2 is 2.11 bits per heavy atom. The predicted molar refractivity (Wildman–Crippen MR) is 81.1 cm³/mol. The fraction of sp³-hybridized carbons (Fsp3) is 0.615. The molecule has 1 aromatic heterocycles. The minimum absolute atomic E-state index is 0. The highest BCUT2D eigenvalue weighted by atomic mass is 79.9. The minimum Gasteiger partial charge on any atom is -0.319 e. The second-order valence-electron chi connectivity index (χ2n) is 4.79. The Hall–Kier alpha value is -0.160. The highest BCUT2D eigenvalue weighted by Gasteiger charge is 2.18. The van der Waals surface area contributed by atoms with E-state index in [0.717, 1.165) is 23.5 Å². The van der Waals surface area contributed by atoms with Crippen LogP contribution >= 0.6 is 28.3 Å². The first-order valence-electron chi connectivity index (χ1n) is 6.24. The zero-order valence-corrected chi connectivity index (χ0v) is 13.1. The third-order valence-electron chi connectivity index (χ3n) is 3.37. The van der Waals surface area contributed by atoms with Gasteiger partial charge >= 0.3 is 0 Å². The molecule has 0 bridgehead atoms. The van der Waals surface area contributed by atoms with Crippen molar-refractivity contribution in [2.75, 3.05) is 26.7 Å². The smallest absolute Gasteiger partial charge is 0.0410 e. The predicted octanol–water partition coefficient (Wildman–Crippen LogP) is 2.70. The van der Waals surface area contributed by atoms with Gasteiger partial charge in [0.05, 0.1) is 0 Å². The maximum Gasteiger partial charge on any atom is 0.0410 e. The molecule has 2 heterocycles. The molecule has 1 N–H and O–H groups in total. The van der Waals surface area contributed by atoms with Gasteiger partial charge in [0.15, 0.2) is 0 Å². The highest BCUT2D eigenvalue weighted by Crippen LogP contribution is 2.19. The van der Waals surface area contributed by atoms with Crippen LogP contribution in [0.5, 0.6) is 0 Å². The largest absolute Gasteiger partial charge is 0.319 e. The Bertz CT molecular complexity index is 354. The van der Waals surface area contributed by atoms with E-state index in [9.17, 15) is 0 Å². The molecule has 5 heteroatoms. The van der Waals surface area contributed by atoms with Crippen molar-refractivity contribution in [2.45, 2.75) is 19.4 Å². The maximum absolute atomic E-state index is 4.21. The average Bonchev–Trinajstić information content (AvgIpc) is 2.32. The summed E-state index contributed by atoms with van der Waals surface area (Å²) in [6, 6.07) is 2.16. The van der Waals surface area contributed by atoms with Crippen molar-refractivity contribution in [2.24, 2.45) is 5.92 Å². The summed E-state index contributed by atoms with van der Waals surface area (Å²) in [5.41, 5.74) is 1.30. The van der Waals surface area contributed by atoms with Crippen LogP contribution in [0.2, 0.25) is 0 Å². The second kappa shape index (κ2) is 8.10. The van der Waals surface area contributed by atoms with Crippen LogP contribution < -0.4 is 5.32 Å². The van der Waals surface area contributed by atoms with Crippen molar-refractivity contribution in [1.29, 1.82) is 0 Å². The van der Waals surface area contributed by atoms with E-state index < -0.39 is 0 Å². The van der Waals surface area contributed by atoms with Crippen molar-refractivity contribution in [3.8, 4) is 0 Å². The molecule has 0 saturated carbocycles. The second-order valence-corrected chi connectivity index (χ2v) is 5.70. The van der Waals surface area contributed by atoms with E-state index in [1.54, 1.807) is 0 Å². The summed E-state index contributed by atoms with van der Waals surface area (Å²) in [4.78, 5) is 6.73. The zero-order valence-electron chi connectivity index (χ0n) is 10.7. The highest BCUT2D eigenvalue weighted by molar-refractivity contribution is 9.10. The summed E-state index contributed by atoms with van der Waals surface area (Å²) in [6.07, 6.45) is 6.41. The third kappa shape index (κ3) is 4.84. The molecule has 0 spiro atoms. The molecule has 0 aromatic carbocycles. The molecule has 1 aromatic rings. The normalized spacial score (nSPS) is 17.4. The summed E-state index contributed by atoms with van der Waals surface area (Å²) < 4.78 is 1.07. The molecule has 1 aliphatic rings. The first-order valence-corrected chi connectivity index (χ1v) is 7.03. The molecular formula is C13H21BrClN3. The quantitative estimate of drug-likeness (QED) is 0.917. The number of piperidine rings is 1. The maximum atomic E-state index is 4.21. The SMILES string of the molecule is CNCC1CCN(Cc2cncc(Br)c2)CC1.Cl. The molecule has 3 nitrogen and oxygen atoms in total. The van der Waals surface area contributed by atoms with Crippen LogP contribution in [0, 0.1) is 5.92 Å². The van der Waals surface area contributed by atoms with Crippen LogP contribution in [0.1, 0.15) is 18.4 Å². The summed E-state index contributed by atoms with van der Waals surface area (Å²) in [7, 11) is 2.04. The minimum atomic E-state index is 0. The molecule has 102 valence electrons. The Morgan fingerprint density at radius 1 is 1.39 bits per heavy atom. The van der Waals surface area contributed by atoms with Crippen LogP contribution in [0.3, 0.4) is 0 Å². The van der Waals surface area contributed by atoms with Gasteiger partial charge < -0.3 is 5.32 Å². The number of pyridine rings is 1. The molecule has 2 rings (SSSR count). The average molecular weight is 335 g/mol. The van der Waals surface area contributed by atoms with E-state index in [1.165, 1.54) is 31.5 Å². The number of halogens is 2. The summed E-state index contributed by atoms with van der Waals surface area (Å²) >= 11 is 3.47. The van der Waals surface area contributed by atoms with Gasteiger partial charge in [0.2, 0.25) is 0 Å². The molecule has 1 saturated heterocycles. The fourth-order valence-electron chi connectivity index (χ4n) is 2.44. The van der Waals surface area contributed by atoms with Crippen LogP contribution in [0.25, 0.3) is 0 Å². The molecule has 18 heavy (non-hydrogen) atoms. The number of likely N-dealkylation sites (tertiary alicyclic amines) is 1. The van der Waals surface area contributed by atoms with Crippen LogP contribution in [-0.2, 0) is 6.54 Å². The molecule has 1 aliphatic heterocycles. The molecule has 0 aliphatic carbocycles. The lowest BCUT2D eigenvalue weighted by Crippen LogP contribution is -2.36. The zero-order chi connectivity index (χ0) is 12.1. The number of nitrogens with one attached hydrogen (secondary N) is 1. The van der Waals surface area contributed by atoms with Gasteiger partial charge in [0.25, 0.3) is 0 Å². The number of nitrogens with zero attached hydrogens (tertiary/aromatic N) is 2. The van der Waals surface area contributed by atoms with Crippen molar-refractivity contribution >= 4 is 28.3 Å². The number of rotatable bonds is 4. The molecule has 0 radical (unpaired) electrons. The Kier molecular flexibility index (Phi) is 7.15. The van der Waals surface area contributed by atoms with Gasteiger partial charge in [-0.05, 0) is 73.0 Å². The van der Waals surface area contributed by atoms with Gasteiger partial charge in [0.1, 0.15) is 0 Å². The number of hydrogen-bond acceptors (Lipinski definition) is 3. The third-order valence-corrected chi connectivity index (χ3v) is 3.80. The first kappa shape index (κ1) is 15.9. The fourth-order valence-corrected chi connectivity index (χ4v) is 2.85. The van der Waals surface area contributed by atoms with Gasteiger partial charge in [-0.15, -0.1) is 12.4 Å². The van der Waals surface area contributed by atoms with E-state index in [2.05, 4.69) is 37.2 Å². The molecule has 0 amide bonds. The Morgan fingerprint density at radius 3 is 2.72 bits per heavy atom. The van der Waals surface area contributed by atoms with Crippen LogP contribution in [0.15, 0.2) is 22.9 Å². The Balaban J connectivity index is 0.00000162. The van der Waals surface area contributed by atoms with Crippen molar-refractivity contribution in [3.63, 3.8) is 0 Å². The van der Waals surface area contributed by atoms with Gasteiger partial charge in [-0.25, -0.2) is 0 Å². The number of hydrogen-bond donors (Lipinski definition) is 1. The summed E-state index contributed by atoms with van der Waals surface area (Å²) in [5.74, 6) is 0.858. The van der Waals surface area contributed by atoms with Gasteiger partial charge in [0, 0.05) is 23.4 Å². The van der Waals surface area contributed by atoms with E-state index >= 15 is 0 Å². The molecule has 1 fully saturated rings. The molecule has 0 unspecified atom stereocenters. The topological polar surface area (TPSA) is 28.2 Å². The van der Waals surface area contributed by atoms with E-state index in [0.29, 0.717) is 0 Å². The lowest BCUT2D eigenvalue weighted by atomic mass is 9.96. The van der Waals surface area contributed by atoms with Crippen LogP contribution in [-0.4, -0.2) is 36.6 Å².